The zero-order valence-corrected chi connectivity index (χ0v) is 9.47. The molecule has 2 N–H and O–H groups in total. The van der Waals surface area contributed by atoms with Crippen LogP contribution in [0.5, 0.6) is 5.75 Å². The maximum Gasteiger partial charge on any atom is 0.200 e. The van der Waals surface area contributed by atoms with E-state index < -0.39 is 0 Å². The molecule has 0 fully saturated rings. The first-order chi connectivity index (χ1) is 7.70. The summed E-state index contributed by atoms with van der Waals surface area (Å²) in [5.41, 5.74) is 7.60. The highest BCUT2D eigenvalue weighted by Gasteiger charge is 2.04. The molecular formula is C12H15N3O. The van der Waals surface area contributed by atoms with Gasteiger partial charge in [-0.25, -0.2) is 4.98 Å². The number of nitrogen functional groups attached to an aromatic ring is 1. The Kier molecular flexibility index (Phi) is 2.81. The Hall–Kier alpha value is -1.97. The van der Waals surface area contributed by atoms with Gasteiger partial charge in [-0.15, -0.1) is 0 Å². The third-order valence-electron chi connectivity index (χ3n) is 2.37. The van der Waals surface area contributed by atoms with E-state index in [-0.39, 0.29) is 0 Å². The maximum absolute atomic E-state index is 5.68. The van der Waals surface area contributed by atoms with E-state index in [2.05, 4.69) is 4.98 Å². The van der Waals surface area contributed by atoms with Gasteiger partial charge in [-0.1, -0.05) is 0 Å². The second kappa shape index (κ2) is 4.26. The van der Waals surface area contributed by atoms with Crippen molar-refractivity contribution in [3.05, 3.63) is 30.5 Å². The predicted octanol–water partition coefficient (Wildman–Crippen LogP) is 2.07. The van der Waals surface area contributed by atoms with Crippen molar-refractivity contribution in [2.45, 2.75) is 6.92 Å². The lowest BCUT2D eigenvalue weighted by Gasteiger charge is -2.02. The molecule has 0 bridgehead atoms. The number of hydrogen-bond donors (Lipinski definition) is 1. The summed E-state index contributed by atoms with van der Waals surface area (Å²) in [4.78, 5) is 4.26. The van der Waals surface area contributed by atoms with Gasteiger partial charge in [0.2, 0.25) is 0 Å². The number of benzene rings is 1. The Morgan fingerprint density at radius 2 is 2.00 bits per heavy atom. The Labute approximate surface area is 94.7 Å². The number of imidazole rings is 1. The molecule has 2 aromatic rings. The fourth-order valence-corrected chi connectivity index (χ4v) is 1.51. The fraction of sp³-hybridized carbons (Fsp3) is 0.250. The highest BCUT2D eigenvalue weighted by molar-refractivity contribution is 5.61. The van der Waals surface area contributed by atoms with Gasteiger partial charge >= 0.3 is 0 Å². The van der Waals surface area contributed by atoms with Gasteiger partial charge in [-0.2, -0.15) is 0 Å². The van der Waals surface area contributed by atoms with Crippen LogP contribution in [0.3, 0.4) is 0 Å². The van der Waals surface area contributed by atoms with Crippen LogP contribution in [0.2, 0.25) is 0 Å². The van der Waals surface area contributed by atoms with Crippen LogP contribution in [0, 0.1) is 0 Å². The van der Waals surface area contributed by atoms with Crippen LogP contribution in [0.4, 0.5) is 5.95 Å². The lowest BCUT2D eigenvalue weighted by Crippen LogP contribution is -1.94. The van der Waals surface area contributed by atoms with Crippen LogP contribution in [0.15, 0.2) is 30.5 Å². The van der Waals surface area contributed by atoms with Crippen LogP contribution in [0.25, 0.3) is 11.3 Å². The average molecular weight is 217 g/mol. The number of nitrogens with two attached hydrogens (primary N) is 1. The molecule has 0 saturated heterocycles. The molecule has 1 heterocycles. The van der Waals surface area contributed by atoms with Gasteiger partial charge in [0, 0.05) is 18.8 Å². The van der Waals surface area contributed by atoms with Crippen molar-refractivity contribution in [1.82, 2.24) is 9.55 Å². The van der Waals surface area contributed by atoms with Crippen molar-refractivity contribution in [3.63, 3.8) is 0 Å². The minimum atomic E-state index is 0.517. The number of rotatable bonds is 3. The first kappa shape index (κ1) is 10.5. The number of aromatic nitrogens is 2. The third kappa shape index (κ3) is 2.00. The van der Waals surface area contributed by atoms with Crippen LogP contribution >= 0.6 is 0 Å². The molecular weight excluding hydrogens is 202 g/mol. The zero-order chi connectivity index (χ0) is 11.5. The number of nitrogens with zero attached hydrogens (tertiary/aromatic N) is 2. The van der Waals surface area contributed by atoms with Crippen LogP contribution in [0.1, 0.15) is 6.92 Å². The van der Waals surface area contributed by atoms with Gasteiger partial charge in [0.05, 0.1) is 12.3 Å². The number of aryl methyl sites for hydroxylation is 1. The Bertz CT molecular complexity index is 454. The smallest absolute Gasteiger partial charge is 0.200 e. The Morgan fingerprint density at radius 3 is 2.50 bits per heavy atom. The molecule has 0 spiro atoms. The van der Waals surface area contributed by atoms with Gasteiger partial charge in [-0.3, -0.25) is 0 Å². The normalized spacial score (nSPS) is 10.4. The standard InChI is InChI=1S/C12H15N3O/c1-3-16-10-6-4-9(5-7-10)11-8-15(2)12(13)14-11/h4-8H,3H2,1-2H3,(H2,13,14). The van der Waals surface area contributed by atoms with Crippen LogP contribution in [-0.2, 0) is 7.05 Å². The quantitative estimate of drug-likeness (QED) is 0.856. The number of ether oxygens (including phenoxy) is 1. The van der Waals surface area contributed by atoms with Gasteiger partial charge in [-0.05, 0) is 31.2 Å². The summed E-state index contributed by atoms with van der Waals surface area (Å²) in [7, 11) is 1.88. The first-order valence-corrected chi connectivity index (χ1v) is 5.22. The lowest BCUT2D eigenvalue weighted by atomic mass is 10.2. The summed E-state index contributed by atoms with van der Waals surface area (Å²) in [5, 5.41) is 0. The molecule has 0 atom stereocenters. The van der Waals surface area contributed by atoms with Crippen molar-refractivity contribution in [1.29, 1.82) is 0 Å². The average Bonchev–Trinajstić information content (AvgIpc) is 2.61. The maximum atomic E-state index is 5.68. The summed E-state index contributed by atoms with van der Waals surface area (Å²) in [6.45, 7) is 2.64. The summed E-state index contributed by atoms with van der Waals surface area (Å²) in [5.74, 6) is 1.39. The SMILES string of the molecule is CCOc1ccc(-c2cn(C)c(N)n2)cc1. The van der Waals surface area contributed by atoms with Gasteiger partial charge in [0.1, 0.15) is 5.75 Å². The largest absolute Gasteiger partial charge is 0.494 e. The number of anilines is 1. The molecule has 2 rings (SSSR count). The second-order valence-electron chi connectivity index (χ2n) is 3.55. The van der Waals surface area contributed by atoms with Gasteiger partial charge in [0.15, 0.2) is 5.95 Å². The van der Waals surface area contributed by atoms with Crippen molar-refractivity contribution in [3.8, 4) is 17.0 Å². The zero-order valence-electron chi connectivity index (χ0n) is 9.47. The molecule has 4 heteroatoms. The third-order valence-corrected chi connectivity index (χ3v) is 2.37. The van der Waals surface area contributed by atoms with E-state index in [1.54, 1.807) is 4.57 Å². The molecule has 84 valence electrons. The van der Waals surface area contributed by atoms with E-state index in [0.717, 1.165) is 17.0 Å². The minimum Gasteiger partial charge on any atom is -0.494 e. The fourth-order valence-electron chi connectivity index (χ4n) is 1.51. The molecule has 4 nitrogen and oxygen atoms in total. The molecule has 0 aliphatic rings. The summed E-state index contributed by atoms with van der Waals surface area (Å²) in [6, 6.07) is 7.83. The van der Waals surface area contributed by atoms with E-state index in [9.17, 15) is 0 Å². The molecule has 16 heavy (non-hydrogen) atoms. The van der Waals surface area contributed by atoms with Crippen molar-refractivity contribution < 1.29 is 4.74 Å². The molecule has 0 unspecified atom stereocenters. The Balaban J connectivity index is 2.27. The lowest BCUT2D eigenvalue weighted by molar-refractivity contribution is 0.340. The van der Waals surface area contributed by atoms with Crippen molar-refractivity contribution in [2.24, 2.45) is 7.05 Å². The molecule has 0 aliphatic heterocycles. The second-order valence-corrected chi connectivity index (χ2v) is 3.55. The van der Waals surface area contributed by atoms with Gasteiger partial charge < -0.3 is 15.0 Å². The van der Waals surface area contributed by atoms with Crippen LogP contribution < -0.4 is 10.5 Å². The molecule has 1 aromatic heterocycles. The minimum absolute atomic E-state index is 0.517. The van der Waals surface area contributed by atoms with Crippen molar-refractivity contribution >= 4 is 5.95 Å². The van der Waals surface area contributed by atoms with E-state index in [1.165, 1.54) is 0 Å². The summed E-state index contributed by atoms with van der Waals surface area (Å²) in [6.07, 6.45) is 1.91. The molecule has 0 amide bonds. The predicted molar refractivity (Wildman–Crippen MR) is 64.2 cm³/mol. The van der Waals surface area contributed by atoms with Crippen molar-refractivity contribution in [2.75, 3.05) is 12.3 Å². The first-order valence-electron chi connectivity index (χ1n) is 5.22. The van der Waals surface area contributed by atoms with Gasteiger partial charge in [0.25, 0.3) is 0 Å². The Morgan fingerprint density at radius 1 is 1.31 bits per heavy atom. The molecule has 0 saturated carbocycles. The summed E-state index contributed by atoms with van der Waals surface area (Å²) < 4.78 is 7.17. The molecule has 0 radical (unpaired) electrons. The van der Waals surface area contributed by atoms with E-state index in [0.29, 0.717) is 12.6 Å². The monoisotopic (exact) mass is 217 g/mol. The number of hydrogen-bond acceptors (Lipinski definition) is 3. The molecule has 0 aliphatic carbocycles. The topological polar surface area (TPSA) is 53.1 Å². The molecule has 1 aromatic carbocycles. The summed E-state index contributed by atoms with van der Waals surface area (Å²) >= 11 is 0. The van der Waals surface area contributed by atoms with Crippen LogP contribution in [-0.4, -0.2) is 16.2 Å². The van der Waals surface area contributed by atoms with E-state index >= 15 is 0 Å². The highest BCUT2D eigenvalue weighted by atomic mass is 16.5. The highest BCUT2D eigenvalue weighted by Crippen LogP contribution is 2.22. The van der Waals surface area contributed by atoms with E-state index in [4.69, 9.17) is 10.5 Å². The van der Waals surface area contributed by atoms with E-state index in [1.807, 2.05) is 44.4 Å².